The third-order valence-electron chi connectivity index (χ3n) is 5.77. The van der Waals surface area contributed by atoms with Gasteiger partial charge in [0.1, 0.15) is 12.6 Å². The fraction of sp³-hybridized carbons (Fsp3) is 0.421. The Morgan fingerprint density at radius 3 is 3.09 bits per heavy atom. The average molecular weight is 308 g/mol. The molecule has 0 spiro atoms. The van der Waals surface area contributed by atoms with Gasteiger partial charge in [-0.3, -0.25) is 0 Å². The first-order valence-corrected chi connectivity index (χ1v) is 8.46. The number of cyclic esters (lactones) is 1. The molecule has 0 amide bonds. The molecule has 4 nitrogen and oxygen atoms in total. The fourth-order valence-corrected chi connectivity index (χ4v) is 4.79. The fourth-order valence-electron chi connectivity index (χ4n) is 4.79. The van der Waals surface area contributed by atoms with Gasteiger partial charge in [-0.05, 0) is 43.5 Å². The van der Waals surface area contributed by atoms with Crippen molar-refractivity contribution in [2.45, 2.75) is 31.8 Å². The topological polar surface area (TPSA) is 43.3 Å². The smallest absolute Gasteiger partial charge is 0.330 e. The normalized spacial score (nSPS) is 30.9. The van der Waals surface area contributed by atoms with Gasteiger partial charge in [0.15, 0.2) is 0 Å². The summed E-state index contributed by atoms with van der Waals surface area (Å²) in [4.78, 5) is 12.6. The number of carbonyl (C=O) groups excluding carboxylic acids is 1. The number of carbonyl (C=O) groups is 1. The van der Waals surface area contributed by atoms with Crippen LogP contribution in [-0.2, 0) is 16.0 Å². The third kappa shape index (κ3) is 1.67. The van der Waals surface area contributed by atoms with Crippen molar-refractivity contribution in [3.05, 3.63) is 47.2 Å². The van der Waals surface area contributed by atoms with E-state index in [-0.39, 0.29) is 17.9 Å². The number of nitrogens with one attached hydrogen (secondary N) is 1. The summed E-state index contributed by atoms with van der Waals surface area (Å²) in [5, 5.41) is 4.97. The number of esters is 1. The molecule has 3 aliphatic rings. The van der Waals surface area contributed by atoms with Crippen molar-refractivity contribution in [3.8, 4) is 0 Å². The molecule has 5 rings (SSSR count). The lowest BCUT2D eigenvalue weighted by atomic mass is 9.78. The van der Waals surface area contributed by atoms with E-state index < -0.39 is 0 Å². The van der Waals surface area contributed by atoms with Gasteiger partial charge in [0.05, 0.1) is 0 Å². The molecular weight excluding hydrogens is 288 g/mol. The van der Waals surface area contributed by atoms with Gasteiger partial charge in [-0.25, -0.2) is 4.79 Å². The highest BCUT2D eigenvalue weighted by atomic mass is 16.5. The van der Waals surface area contributed by atoms with E-state index in [4.69, 9.17) is 4.74 Å². The first-order valence-electron chi connectivity index (χ1n) is 8.46. The molecule has 4 heteroatoms. The minimum absolute atomic E-state index is 0.0758. The molecule has 2 aromatic rings. The number of hydrogen-bond donors (Lipinski definition) is 1. The zero-order valence-corrected chi connectivity index (χ0v) is 13.2. The second-order valence-corrected chi connectivity index (χ2v) is 6.77. The molecule has 1 N–H and O–H groups in total. The zero-order valence-electron chi connectivity index (χ0n) is 13.2. The molecule has 0 radical (unpaired) electrons. The Bertz CT molecular complexity index is 848. The molecule has 1 aromatic carbocycles. The van der Waals surface area contributed by atoms with Gasteiger partial charge >= 0.3 is 5.97 Å². The van der Waals surface area contributed by atoms with Crippen LogP contribution in [0.4, 0.5) is 0 Å². The maximum atomic E-state index is 12.6. The maximum Gasteiger partial charge on any atom is 0.330 e. The lowest BCUT2D eigenvalue weighted by Crippen LogP contribution is -2.45. The van der Waals surface area contributed by atoms with E-state index in [9.17, 15) is 4.79 Å². The van der Waals surface area contributed by atoms with Gasteiger partial charge in [0.25, 0.3) is 0 Å². The molecule has 0 saturated carbocycles. The number of aromatic nitrogens is 1. The number of allylic oxidation sites excluding steroid dienone is 1. The SMILES string of the molecule is C/C=C1/COC(=O)[C@@H]2[C@H]1C[C@@H]1NCCc3c1n2c1ccccc31. The van der Waals surface area contributed by atoms with Crippen LogP contribution < -0.4 is 5.32 Å². The van der Waals surface area contributed by atoms with E-state index in [0.717, 1.165) is 19.4 Å². The monoisotopic (exact) mass is 308 g/mol. The third-order valence-corrected chi connectivity index (χ3v) is 5.77. The predicted molar refractivity (Wildman–Crippen MR) is 88.2 cm³/mol. The van der Waals surface area contributed by atoms with Crippen LogP contribution in [0.25, 0.3) is 10.9 Å². The highest BCUT2D eigenvalue weighted by Crippen LogP contribution is 2.48. The van der Waals surface area contributed by atoms with E-state index in [2.05, 4.69) is 47.1 Å². The number of hydrogen-bond acceptors (Lipinski definition) is 3. The summed E-state index contributed by atoms with van der Waals surface area (Å²) in [6, 6.07) is 8.62. The van der Waals surface area contributed by atoms with Crippen LogP contribution in [0.1, 0.15) is 36.7 Å². The number of benzene rings is 1. The Hall–Kier alpha value is -2.07. The minimum Gasteiger partial charge on any atom is -0.460 e. The average Bonchev–Trinajstić information content (AvgIpc) is 2.92. The minimum atomic E-state index is -0.209. The Labute approximate surface area is 135 Å². The van der Waals surface area contributed by atoms with Crippen LogP contribution in [0.3, 0.4) is 0 Å². The van der Waals surface area contributed by atoms with E-state index in [1.54, 1.807) is 0 Å². The van der Waals surface area contributed by atoms with Crippen molar-refractivity contribution in [1.29, 1.82) is 0 Å². The lowest BCUT2D eigenvalue weighted by molar-refractivity contribution is -0.152. The molecule has 1 saturated heterocycles. The molecular formula is C19H20N2O2. The molecule has 1 fully saturated rings. The van der Waals surface area contributed by atoms with Gasteiger partial charge in [-0.2, -0.15) is 0 Å². The van der Waals surface area contributed by atoms with Crippen LogP contribution in [-0.4, -0.2) is 23.7 Å². The van der Waals surface area contributed by atoms with E-state index in [0.29, 0.717) is 12.6 Å². The standard InChI is InChI=1S/C19H20N2O2/c1-2-11-10-23-19(22)18-14(11)9-15-17-13(7-8-20-15)12-5-3-4-6-16(12)21(17)18/h2-6,14-15,18,20H,7-10H2,1H3/b11-2-/t14-,15-,18-/m0/s1. The number of para-hydroxylation sites is 1. The molecule has 0 aliphatic carbocycles. The molecule has 4 heterocycles. The second-order valence-electron chi connectivity index (χ2n) is 6.77. The summed E-state index contributed by atoms with van der Waals surface area (Å²) in [7, 11) is 0. The summed E-state index contributed by atoms with van der Waals surface area (Å²) in [5.41, 5.74) is 5.17. The molecule has 23 heavy (non-hydrogen) atoms. The molecule has 0 bridgehead atoms. The molecule has 3 aliphatic heterocycles. The van der Waals surface area contributed by atoms with E-state index in [1.807, 2.05) is 0 Å². The van der Waals surface area contributed by atoms with Crippen LogP contribution in [0.2, 0.25) is 0 Å². The second kappa shape index (κ2) is 4.71. The lowest BCUT2D eigenvalue weighted by Gasteiger charge is -2.43. The molecule has 1 aromatic heterocycles. The highest BCUT2D eigenvalue weighted by molar-refractivity contribution is 5.89. The predicted octanol–water partition coefficient (Wildman–Crippen LogP) is 2.89. The Balaban J connectivity index is 1.83. The maximum absolute atomic E-state index is 12.6. The van der Waals surface area contributed by atoms with Crippen molar-refractivity contribution in [2.75, 3.05) is 13.2 Å². The van der Waals surface area contributed by atoms with Crippen LogP contribution >= 0.6 is 0 Å². The summed E-state index contributed by atoms with van der Waals surface area (Å²) >= 11 is 0. The Morgan fingerprint density at radius 1 is 1.35 bits per heavy atom. The number of nitrogens with zero attached hydrogens (tertiary/aromatic N) is 1. The summed E-state index contributed by atoms with van der Waals surface area (Å²) < 4.78 is 7.78. The van der Waals surface area contributed by atoms with Crippen LogP contribution in [0.15, 0.2) is 35.9 Å². The van der Waals surface area contributed by atoms with Crippen molar-refractivity contribution in [3.63, 3.8) is 0 Å². The molecule has 0 unspecified atom stereocenters. The van der Waals surface area contributed by atoms with Crippen molar-refractivity contribution in [1.82, 2.24) is 9.88 Å². The Morgan fingerprint density at radius 2 is 2.22 bits per heavy atom. The van der Waals surface area contributed by atoms with E-state index in [1.165, 1.54) is 27.7 Å². The summed E-state index contributed by atoms with van der Waals surface area (Å²) in [6.45, 7) is 3.51. The van der Waals surface area contributed by atoms with Gasteiger partial charge < -0.3 is 14.6 Å². The number of fused-ring (bicyclic) bond motifs is 5. The summed E-state index contributed by atoms with van der Waals surface area (Å²) in [6.07, 6.45) is 4.15. The number of rotatable bonds is 0. The quantitative estimate of drug-likeness (QED) is 0.601. The van der Waals surface area contributed by atoms with Crippen LogP contribution in [0.5, 0.6) is 0 Å². The zero-order chi connectivity index (χ0) is 15.6. The van der Waals surface area contributed by atoms with Gasteiger partial charge in [-0.15, -0.1) is 0 Å². The van der Waals surface area contributed by atoms with Gasteiger partial charge in [0.2, 0.25) is 0 Å². The van der Waals surface area contributed by atoms with Crippen molar-refractivity contribution < 1.29 is 9.53 Å². The first-order chi connectivity index (χ1) is 11.3. The van der Waals surface area contributed by atoms with E-state index >= 15 is 0 Å². The summed E-state index contributed by atoms with van der Waals surface area (Å²) in [5.74, 6) is 0.168. The molecule has 118 valence electrons. The van der Waals surface area contributed by atoms with Crippen LogP contribution in [0, 0.1) is 5.92 Å². The largest absolute Gasteiger partial charge is 0.460 e. The van der Waals surface area contributed by atoms with Gasteiger partial charge in [0, 0.05) is 28.6 Å². The van der Waals surface area contributed by atoms with Gasteiger partial charge in [-0.1, -0.05) is 24.3 Å². The van der Waals surface area contributed by atoms with Crippen molar-refractivity contribution in [2.24, 2.45) is 5.92 Å². The first kappa shape index (κ1) is 13.4. The number of ether oxygens (including phenoxy) is 1. The Kier molecular flexibility index (Phi) is 2.74. The highest BCUT2D eigenvalue weighted by Gasteiger charge is 2.46. The van der Waals surface area contributed by atoms with Crippen molar-refractivity contribution >= 4 is 16.9 Å². The molecule has 3 atom stereocenters.